The second kappa shape index (κ2) is 11.8. The molecule has 2 aliphatic carbocycles. The summed E-state index contributed by atoms with van der Waals surface area (Å²) in [5.74, 6) is -0.205. The molecule has 5 aliphatic rings. The van der Waals surface area contributed by atoms with E-state index in [0.29, 0.717) is 56.8 Å². The number of aromatic hydroxyl groups is 2. The normalized spacial score (nSPS) is 22.0. The summed E-state index contributed by atoms with van der Waals surface area (Å²) in [5.41, 5.74) is 4.82. The summed E-state index contributed by atoms with van der Waals surface area (Å²) >= 11 is 5.66. The van der Waals surface area contributed by atoms with E-state index < -0.39 is 11.6 Å². The molecule has 4 atom stereocenters. The lowest BCUT2D eigenvalue weighted by Crippen LogP contribution is -2.33. The van der Waals surface area contributed by atoms with Crippen LogP contribution in [0.4, 0.5) is 11.4 Å². The van der Waals surface area contributed by atoms with E-state index >= 15 is 0 Å². The van der Waals surface area contributed by atoms with Gasteiger partial charge in [-0.25, -0.2) is 4.79 Å². The molecule has 2 bridgehead atoms. The molecule has 1 saturated heterocycles. The van der Waals surface area contributed by atoms with E-state index in [-0.39, 0.29) is 47.0 Å². The van der Waals surface area contributed by atoms with Gasteiger partial charge < -0.3 is 30.3 Å². The van der Waals surface area contributed by atoms with Crippen molar-refractivity contribution in [1.82, 2.24) is 5.32 Å². The standard InChI is InChI=1S/C43H31N3O7S/c47-29-12-15-32-35(19-29)52-36-20-30(48)13-16-33(36)43(32)34-18-27(9-14-31(34)41(51)53-43)45-42(54)44-21-22-1-3-23(4-2-22)24-7-10-28(11-8-24)46-39(49)37-25-5-6-26(17-25)38(37)40(46)50/h1-16,18-20,25-26,37-38,47-48H,17,21H2,(H2,44,45,54). The summed E-state index contributed by atoms with van der Waals surface area (Å²) in [7, 11) is 0. The molecule has 3 aliphatic heterocycles. The van der Waals surface area contributed by atoms with Gasteiger partial charge in [0.2, 0.25) is 11.8 Å². The van der Waals surface area contributed by atoms with E-state index in [9.17, 15) is 24.6 Å². The summed E-state index contributed by atoms with van der Waals surface area (Å²) in [4.78, 5) is 41.1. The monoisotopic (exact) mass is 733 g/mol. The zero-order valence-corrected chi connectivity index (χ0v) is 29.3. The highest BCUT2D eigenvalue weighted by Crippen LogP contribution is 2.57. The minimum atomic E-state index is -1.38. The second-order valence-electron chi connectivity index (χ2n) is 14.4. The van der Waals surface area contributed by atoms with Crippen molar-refractivity contribution >= 4 is 46.5 Å². The predicted molar refractivity (Wildman–Crippen MR) is 203 cm³/mol. The van der Waals surface area contributed by atoms with Crippen LogP contribution in [-0.4, -0.2) is 33.1 Å². The van der Waals surface area contributed by atoms with Gasteiger partial charge >= 0.3 is 5.97 Å². The highest BCUT2D eigenvalue weighted by Gasteiger charge is 2.59. The Morgan fingerprint density at radius 3 is 1.94 bits per heavy atom. The number of nitrogens with zero attached hydrogens (tertiary/aromatic N) is 1. The molecule has 1 saturated carbocycles. The number of benzene rings is 5. The maximum Gasteiger partial charge on any atom is 0.340 e. The SMILES string of the molecule is O=C1OC2(c3ccc(O)cc3Oc3cc(O)ccc32)c2cc(NC(=S)NCc3ccc(-c4ccc(N5C(=O)C6C7C=CC(C7)C6C5=O)cc4)cc3)ccc21. The summed E-state index contributed by atoms with van der Waals surface area (Å²) in [5, 5.41) is 27.3. The van der Waals surface area contributed by atoms with Crippen LogP contribution in [0.25, 0.3) is 11.1 Å². The van der Waals surface area contributed by atoms with Gasteiger partial charge in [-0.15, -0.1) is 0 Å². The molecular formula is C43H31N3O7S. The van der Waals surface area contributed by atoms with Crippen LogP contribution in [0.2, 0.25) is 0 Å². The Hall–Kier alpha value is -6.46. The largest absolute Gasteiger partial charge is 0.508 e. The molecule has 11 heteroatoms. The lowest BCUT2D eigenvalue weighted by molar-refractivity contribution is -0.123. The molecule has 10 rings (SSSR count). The van der Waals surface area contributed by atoms with Gasteiger partial charge in [-0.05, 0) is 102 Å². The van der Waals surface area contributed by atoms with Gasteiger partial charge in [-0.2, -0.15) is 0 Å². The second-order valence-corrected chi connectivity index (χ2v) is 14.8. The molecule has 1 spiro atoms. The number of esters is 1. The number of carbonyl (C=O) groups is 3. The Balaban J connectivity index is 0.831. The molecule has 5 aromatic rings. The number of phenolic OH excluding ortho intramolecular Hbond substituents is 2. The van der Waals surface area contributed by atoms with Crippen LogP contribution in [0.15, 0.2) is 115 Å². The number of nitrogens with one attached hydrogen (secondary N) is 2. The number of anilines is 2. The van der Waals surface area contributed by atoms with E-state index in [2.05, 4.69) is 22.8 Å². The molecule has 0 radical (unpaired) electrons. The van der Waals surface area contributed by atoms with Crippen molar-refractivity contribution in [3.05, 3.63) is 143 Å². The fourth-order valence-electron chi connectivity index (χ4n) is 8.91. The van der Waals surface area contributed by atoms with Crippen molar-refractivity contribution in [2.24, 2.45) is 23.7 Å². The minimum absolute atomic E-state index is 0.0198. The first kappa shape index (κ1) is 32.2. The van der Waals surface area contributed by atoms with Crippen LogP contribution in [-0.2, 0) is 26.5 Å². The average molecular weight is 734 g/mol. The number of phenols is 2. The Morgan fingerprint density at radius 1 is 0.741 bits per heavy atom. The van der Waals surface area contributed by atoms with Gasteiger partial charge in [0.1, 0.15) is 23.0 Å². The lowest BCUT2D eigenvalue weighted by Gasteiger charge is -2.36. The molecule has 4 N–H and O–H groups in total. The van der Waals surface area contributed by atoms with Crippen molar-refractivity contribution in [2.45, 2.75) is 18.6 Å². The lowest BCUT2D eigenvalue weighted by atomic mass is 9.77. The molecule has 266 valence electrons. The van der Waals surface area contributed by atoms with Gasteiger partial charge in [-0.1, -0.05) is 48.6 Å². The summed E-state index contributed by atoms with van der Waals surface area (Å²) in [6.45, 7) is 0.449. The number of allylic oxidation sites excluding steroid dienone is 2. The summed E-state index contributed by atoms with van der Waals surface area (Å²) < 4.78 is 12.2. The number of thiocarbonyl (C=S) groups is 1. The number of hydrogen-bond donors (Lipinski definition) is 4. The third-order valence-corrected chi connectivity index (χ3v) is 11.6. The maximum absolute atomic E-state index is 13.3. The third-order valence-electron chi connectivity index (χ3n) is 11.4. The van der Waals surface area contributed by atoms with Gasteiger partial charge in [0.25, 0.3) is 0 Å². The van der Waals surface area contributed by atoms with Crippen molar-refractivity contribution < 1.29 is 34.1 Å². The van der Waals surface area contributed by atoms with E-state index in [1.807, 2.05) is 54.6 Å². The van der Waals surface area contributed by atoms with E-state index in [0.717, 1.165) is 23.1 Å². The summed E-state index contributed by atoms with van der Waals surface area (Å²) in [6, 6.07) is 30.1. The van der Waals surface area contributed by atoms with Crippen LogP contribution in [0.3, 0.4) is 0 Å². The summed E-state index contributed by atoms with van der Waals surface area (Å²) in [6.07, 6.45) is 5.11. The molecule has 2 fully saturated rings. The fourth-order valence-corrected chi connectivity index (χ4v) is 9.10. The van der Waals surface area contributed by atoms with Gasteiger partial charge in [0.05, 0.1) is 23.1 Å². The van der Waals surface area contributed by atoms with Crippen LogP contribution < -0.4 is 20.3 Å². The van der Waals surface area contributed by atoms with Crippen LogP contribution in [0.1, 0.15) is 39.0 Å². The first-order valence-electron chi connectivity index (χ1n) is 17.7. The number of rotatable bonds is 5. The van der Waals surface area contributed by atoms with E-state index in [4.69, 9.17) is 21.7 Å². The van der Waals surface area contributed by atoms with Gasteiger partial charge in [0.15, 0.2) is 10.7 Å². The topological polar surface area (TPSA) is 137 Å². The molecule has 4 unspecified atom stereocenters. The van der Waals surface area contributed by atoms with Crippen molar-refractivity contribution in [3.8, 4) is 34.1 Å². The van der Waals surface area contributed by atoms with Gasteiger partial charge in [-0.3, -0.25) is 14.5 Å². The molecule has 3 heterocycles. The molecule has 0 aromatic heterocycles. The highest BCUT2D eigenvalue weighted by molar-refractivity contribution is 7.80. The Kier molecular flexibility index (Phi) is 7.02. The number of carbonyl (C=O) groups excluding carboxylic acids is 3. The third kappa shape index (κ3) is 4.78. The zero-order chi connectivity index (χ0) is 36.9. The highest BCUT2D eigenvalue weighted by atomic mass is 32.1. The number of imide groups is 1. The molecule has 2 amide bonds. The van der Waals surface area contributed by atoms with Crippen molar-refractivity contribution in [1.29, 1.82) is 0 Å². The molecule has 10 nitrogen and oxygen atoms in total. The molecule has 54 heavy (non-hydrogen) atoms. The van der Waals surface area contributed by atoms with Crippen molar-refractivity contribution in [2.75, 3.05) is 10.2 Å². The van der Waals surface area contributed by atoms with Crippen molar-refractivity contribution in [3.63, 3.8) is 0 Å². The Bertz CT molecular complexity index is 2410. The first-order valence-corrected chi connectivity index (χ1v) is 18.1. The Morgan fingerprint density at radius 2 is 1.33 bits per heavy atom. The first-order chi connectivity index (χ1) is 26.2. The number of ether oxygens (including phenoxy) is 2. The number of hydrogen-bond acceptors (Lipinski definition) is 8. The van der Waals surface area contributed by atoms with Crippen LogP contribution >= 0.6 is 12.2 Å². The average Bonchev–Trinajstić information content (AvgIpc) is 3.92. The fraction of sp³-hybridized carbons (Fsp3) is 0.163. The zero-order valence-electron chi connectivity index (χ0n) is 28.5. The van der Waals surface area contributed by atoms with Crippen LogP contribution in [0.5, 0.6) is 23.0 Å². The van der Waals surface area contributed by atoms with E-state index in [1.54, 1.807) is 24.3 Å². The predicted octanol–water partition coefficient (Wildman–Crippen LogP) is 7.13. The van der Waals surface area contributed by atoms with Crippen LogP contribution in [0, 0.1) is 23.7 Å². The van der Waals surface area contributed by atoms with E-state index in [1.165, 1.54) is 29.2 Å². The molecular weight excluding hydrogens is 703 g/mol. The molecule has 5 aromatic carbocycles. The van der Waals surface area contributed by atoms with Gasteiger partial charge in [0, 0.05) is 41.1 Å². The number of amides is 2. The quantitative estimate of drug-likeness (QED) is 0.0639. The number of fused-ring (bicyclic) bond motifs is 11. The Labute approximate surface area is 314 Å². The maximum atomic E-state index is 13.3. The smallest absolute Gasteiger partial charge is 0.340 e. The minimum Gasteiger partial charge on any atom is -0.508 e.